The Kier molecular flexibility index (Phi) is 6.71. The van der Waals surface area contributed by atoms with E-state index in [0.29, 0.717) is 34.2 Å². The van der Waals surface area contributed by atoms with E-state index >= 15 is 0 Å². The van der Waals surface area contributed by atoms with Gasteiger partial charge in [0.15, 0.2) is 5.75 Å². The number of benzene rings is 1. The van der Waals surface area contributed by atoms with E-state index in [4.69, 9.17) is 4.74 Å². The molecule has 0 saturated heterocycles. The van der Waals surface area contributed by atoms with Gasteiger partial charge in [0.25, 0.3) is 12.3 Å². The normalized spacial score (nSPS) is 13.0. The van der Waals surface area contributed by atoms with Crippen LogP contribution in [0.1, 0.15) is 23.2 Å². The number of pyridine rings is 1. The lowest BCUT2D eigenvalue weighted by Crippen LogP contribution is -2.20. The van der Waals surface area contributed by atoms with Crippen molar-refractivity contribution in [2.24, 2.45) is 5.92 Å². The van der Waals surface area contributed by atoms with Crippen molar-refractivity contribution in [2.75, 3.05) is 24.8 Å². The molecule has 2 heterocycles. The third kappa shape index (κ3) is 5.13. The molecule has 1 saturated carbocycles. The van der Waals surface area contributed by atoms with E-state index in [9.17, 15) is 18.4 Å². The van der Waals surface area contributed by atoms with E-state index in [1.807, 2.05) is 0 Å². The molecule has 0 spiro atoms. The van der Waals surface area contributed by atoms with Crippen molar-refractivity contribution >= 4 is 29.0 Å². The molecule has 3 aromatic rings. The molecule has 3 N–H and O–H groups in total. The molecular weight excluding hydrogens is 446 g/mol. The maximum absolute atomic E-state index is 12.7. The third-order valence-electron chi connectivity index (χ3n) is 5.31. The van der Waals surface area contributed by atoms with E-state index in [1.165, 1.54) is 31.2 Å². The fourth-order valence-corrected chi connectivity index (χ4v) is 3.47. The summed E-state index contributed by atoms with van der Waals surface area (Å²) in [6.07, 6.45) is 2.04. The second-order valence-electron chi connectivity index (χ2n) is 7.78. The summed E-state index contributed by atoms with van der Waals surface area (Å²) in [4.78, 5) is 28.8. The van der Waals surface area contributed by atoms with Gasteiger partial charge in [-0.15, -0.1) is 0 Å². The van der Waals surface area contributed by atoms with Crippen molar-refractivity contribution in [2.45, 2.75) is 25.8 Å². The number of carbonyl (C=O) groups is 2. The molecule has 11 heteroatoms. The van der Waals surface area contributed by atoms with Crippen LogP contribution in [0.3, 0.4) is 0 Å². The van der Waals surface area contributed by atoms with Crippen molar-refractivity contribution in [3.63, 3.8) is 0 Å². The van der Waals surface area contributed by atoms with Crippen molar-refractivity contribution in [3.8, 4) is 17.0 Å². The van der Waals surface area contributed by atoms with Crippen LogP contribution in [0, 0.1) is 5.92 Å². The van der Waals surface area contributed by atoms with Crippen molar-refractivity contribution in [3.05, 3.63) is 48.3 Å². The smallest absolute Gasteiger partial charge is 0.257 e. The first-order valence-corrected chi connectivity index (χ1v) is 10.7. The number of amides is 2. The lowest BCUT2D eigenvalue weighted by molar-refractivity contribution is -0.117. The van der Waals surface area contributed by atoms with Gasteiger partial charge in [-0.25, -0.2) is 13.8 Å². The summed E-state index contributed by atoms with van der Waals surface area (Å²) >= 11 is 0. The monoisotopic (exact) mass is 470 g/mol. The number of carbonyl (C=O) groups excluding carboxylic acids is 2. The Hall–Kier alpha value is -4.02. The third-order valence-corrected chi connectivity index (χ3v) is 5.31. The topological polar surface area (TPSA) is 110 Å². The predicted octanol–water partition coefficient (Wildman–Crippen LogP) is 3.67. The summed E-state index contributed by atoms with van der Waals surface area (Å²) in [7, 11) is 2.99. The van der Waals surface area contributed by atoms with Crippen LogP contribution in [0.5, 0.6) is 5.75 Å². The highest BCUT2D eigenvalue weighted by molar-refractivity contribution is 6.01. The maximum Gasteiger partial charge on any atom is 0.257 e. The van der Waals surface area contributed by atoms with Crippen molar-refractivity contribution in [1.82, 2.24) is 20.1 Å². The summed E-state index contributed by atoms with van der Waals surface area (Å²) in [6.45, 7) is -0.512. The minimum absolute atomic E-state index is 0.00141. The average molecular weight is 470 g/mol. The van der Waals surface area contributed by atoms with Crippen molar-refractivity contribution < 1.29 is 23.1 Å². The molecule has 2 aromatic heterocycles. The van der Waals surface area contributed by atoms with Crippen LogP contribution in [0.15, 0.2) is 42.7 Å². The molecule has 2 amide bonds. The first kappa shape index (κ1) is 23.1. The Morgan fingerprint density at radius 1 is 1.24 bits per heavy atom. The highest BCUT2D eigenvalue weighted by Gasteiger charge is 2.30. The van der Waals surface area contributed by atoms with E-state index < -0.39 is 13.0 Å². The van der Waals surface area contributed by atoms with Gasteiger partial charge in [-0.2, -0.15) is 5.10 Å². The van der Waals surface area contributed by atoms with Gasteiger partial charge in [0, 0.05) is 37.0 Å². The Bertz CT molecular complexity index is 1210. The fraction of sp³-hybridized carbons (Fsp3) is 0.304. The van der Waals surface area contributed by atoms with E-state index in [1.54, 1.807) is 30.3 Å². The molecule has 1 aliphatic carbocycles. The van der Waals surface area contributed by atoms with Gasteiger partial charge >= 0.3 is 0 Å². The van der Waals surface area contributed by atoms with Crippen LogP contribution in [0.2, 0.25) is 0 Å². The lowest BCUT2D eigenvalue weighted by Gasteiger charge is -2.17. The minimum atomic E-state index is -2.52. The van der Waals surface area contributed by atoms with Gasteiger partial charge in [0.2, 0.25) is 5.91 Å². The van der Waals surface area contributed by atoms with Gasteiger partial charge in [-0.3, -0.25) is 14.3 Å². The van der Waals surface area contributed by atoms with Crippen LogP contribution < -0.4 is 20.7 Å². The number of anilines is 3. The summed E-state index contributed by atoms with van der Waals surface area (Å²) in [5, 5.41) is 12.7. The number of alkyl halides is 2. The molecule has 0 aliphatic heterocycles. The first-order valence-electron chi connectivity index (χ1n) is 10.7. The fourth-order valence-electron chi connectivity index (χ4n) is 3.47. The molecule has 4 rings (SSSR count). The average Bonchev–Trinajstić information content (AvgIpc) is 3.58. The molecule has 1 aromatic carbocycles. The number of hydrogen-bond donors (Lipinski definition) is 3. The van der Waals surface area contributed by atoms with Gasteiger partial charge in [0.05, 0.1) is 29.7 Å². The largest absolute Gasteiger partial charge is 0.494 e. The quantitative estimate of drug-likeness (QED) is 0.440. The summed E-state index contributed by atoms with van der Waals surface area (Å²) < 4.78 is 32.2. The van der Waals surface area contributed by atoms with Crippen LogP contribution in [-0.4, -0.2) is 47.2 Å². The van der Waals surface area contributed by atoms with E-state index in [0.717, 1.165) is 12.8 Å². The van der Waals surface area contributed by atoms with Crippen LogP contribution in [0.4, 0.5) is 26.0 Å². The van der Waals surface area contributed by atoms with Gasteiger partial charge in [0.1, 0.15) is 12.4 Å². The Balaban J connectivity index is 1.68. The molecule has 0 unspecified atom stereocenters. The number of rotatable bonds is 9. The summed E-state index contributed by atoms with van der Waals surface area (Å²) in [5.41, 5.74) is 2.22. The lowest BCUT2D eigenvalue weighted by atomic mass is 10.1. The highest BCUT2D eigenvalue weighted by Crippen LogP contribution is 2.38. The molecular formula is C23H24F2N6O3. The van der Waals surface area contributed by atoms with Crippen LogP contribution >= 0.6 is 0 Å². The first-order chi connectivity index (χ1) is 16.4. The Labute approximate surface area is 194 Å². The SMILES string of the molecule is CNC(=O)c1cnc(NC(=O)C2CC2)cc1Nc1cccc(-c2ccn(CC(F)F)n2)c1OC. The zero-order chi connectivity index (χ0) is 24.2. The number of ether oxygens (including phenoxy) is 1. The number of para-hydroxylation sites is 1. The number of halogens is 2. The standard InChI is InChI=1S/C23H24F2N6O3/c1-26-23(33)15-11-27-20(29-22(32)13-6-7-13)10-18(15)28-17-5-3-4-14(21(17)34-2)16-8-9-31(30-16)12-19(24)25/h3-5,8-11,13,19H,6-7,12H2,1-2H3,(H,26,33)(H2,27,28,29,32). The van der Waals surface area contributed by atoms with Gasteiger partial charge in [-0.05, 0) is 31.0 Å². The zero-order valence-electron chi connectivity index (χ0n) is 18.6. The Morgan fingerprint density at radius 2 is 2.03 bits per heavy atom. The molecule has 0 radical (unpaired) electrons. The molecule has 1 fully saturated rings. The van der Waals surface area contributed by atoms with E-state index in [-0.39, 0.29) is 23.3 Å². The number of hydrogen-bond acceptors (Lipinski definition) is 6. The second kappa shape index (κ2) is 9.86. The highest BCUT2D eigenvalue weighted by atomic mass is 19.3. The molecule has 34 heavy (non-hydrogen) atoms. The van der Waals surface area contributed by atoms with Crippen molar-refractivity contribution in [1.29, 1.82) is 0 Å². The molecule has 178 valence electrons. The molecule has 0 atom stereocenters. The summed E-state index contributed by atoms with van der Waals surface area (Å²) in [5.74, 6) is 0.250. The maximum atomic E-state index is 12.7. The predicted molar refractivity (Wildman–Crippen MR) is 122 cm³/mol. The van der Waals surface area contributed by atoms with Gasteiger partial charge < -0.3 is 20.7 Å². The van der Waals surface area contributed by atoms with Gasteiger partial charge in [-0.1, -0.05) is 6.07 Å². The molecule has 0 bridgehead atoms. The number of aromatic nitrogens is 3. The van der Waals surface area contributed by atoms with Crippen LogP contribution in [0.25, 0.3) is 11.3 Å². The number of methoxy groups -OCH3 is 1. The second-order valence-corrected chi connectivity index (χ2v) is 7.78. The summed E-state index contributed by atoms with van der Waals surface area (Å²) in [6, 6.07) is 8.46. The molecule has 1 aliphatic rings. The number of nitrogens with one attached hydrogen (secondary N) is 3. The van der Waals surface area contributed by atoms with Crippen LogP contribution in [-0.2, 0) is 11.3 Å². The zero-order valence-corrected chi connectivity index (χ0v) is 18.6. The van der Waals surface area contributed by atoms with E-state index in [2.05, 4.69) is 26.0 Å². The molecule has 9 nitrogen and oxygen atoms in total. The Morgan fingerprint density at radius 3 is 2.71 bits per heavy atom. The minimum Gasteiger partial charge on any atom is -0.494 e. The number of nitrogens with zero attached hydrogens (tertiary/aromatic N) is 3.